The van der Waals surface area contributed by atoms with Gasteiger partial charge < -0.3 is 9.47 Å². The number of amides is 1. The van der Waals surface area contributed by atoms with E-state index in [4.69, 9.17) is 12.2 Å². The molecular formula is C19H20FN5OS2. The second kappa shape index (κ2) is 7.92. The summed E-state index contributed by atoms with van der Waals surface area (Å²) in [6.45, 7) is 1.35. The fraction of sp³-hybridized carbons (Fsp3) is 0.368. The van der Waals surface area contributed by atoms with Crippen LogP contribution in [0.3, 0.4) is 0 Å². The topological polar surface area (TPSA) is 66.8 Å². The molecule has 28 heavy (non-hydrogen) atoms. The van der Waals surface area contributed by atoms with Crippen molar-refractivity contribution >= 4 is 29.5 Å². The maximum absolute atomic E-state index is 13.0. The van der Waals surface area contributed by atoms with E-state index < -0.39 is 0 Å². The molecule has 0 saturated carbocycles. The third-order valence-corrected chi connectivity index (χ3v) is 6.37. The molecule has 1 aliphatic rings. The molecular weight excluding hydrogens is 397 g/mol. The van der Waals surface area contributed by atoms with E-state index in [9.17, 15) is 9.18 Å². The number of aromatic amines is 1. The molecule has 1 amide bonds. The number of carbonyl (C=O) groups excluding carboxylic acids is 1. The van der Waals surface area contributed by atoms with Gasteiger partial charge in [0.2, 0.25) is 0 Å². The molecule has 4 rings (SSSR count). The fourth-order valence-corrected chi connectivity index (χ4v) is 4.58. The fourth-order valence-electron chi connectivity index (χ4n) is 3.52. The number of benzene rings is 1. The van der Waals surface area contributed by atoms with Crippen LogP contribution in [0.1, 0.15) is 44.8 Å². The zero-order valence-electron chi connectivity index (χ0n) is 15.4. The number of halogens is 1. The SMILES string of the molecule is Cn1c(C2CCCN(C(=O)c3cnc(Cc4ccc(F)cc4)s3)C2)n[nH]c1=S. The zero-order valence-corrected chi connectivity index (χ0v) is 17.0. The average Bonchev–Trinajstić information content (AvgIpc) is 3.30. The van der Waals surface area contributed by atoms with Gasteiger partial charge in [0.25, 0.3) is 5.91 Å². The molecule has 1 aliphatic heterocycles. The quantitative estimate of drug-likeness (QED) is 0.658. The van der Waals surface area contributed by atoms with Gasteiger partial charge in [0, 0.05) is 32.5 Å². The number of likely N-dealkylation sites (tertiary alicyclic amines) is 1. The number of H-pyrrole nitrogens is 1. The van der Waals surface area contributed by atoms with Crippen LogP contribution in [0.15, 0.2) is 30.5 Å². The second-order valence-corrected chi connectivity index (χ2v) is 8.46. The van der Waals surface area contributed by atoms with E-state index in [1.54, 1.807) is 18.3 Å². The second-order valence-electron chi connectivity index (χ2n) is 6.96. The van der Waals surface area contributed by atoms with Crippen LogP contribution in [0.4, 0.5) is 4.39 Å². The minimum absolute atomic E-state index is 0.00402. The van der Waals surface area contributed by atoms with Gasteiger partial charge in [-0.1, -0.05) is 12.1 Å². The van der Waals surface area contributed by atoms with Crippen molar-refractivity contribution < 1.29 is 9.18 Å². The van der Waals surface area contributed by atoms with Gasteiger partial charge in [-0.2, -0.15) is 5.10 Å². The van der Waals surface area contributed by atoms with Gasteiger partial charge in [-0.15, -0.1) is 11.3 Å². The number of hydrogen-bond acceptors (Lipinski definition) is 5. The minimum Gasteiger partial charge on any atom is -0.337 e. The van der Waals surface area contributed by atoms with Crippen molar-refractivity contribution in [2.45, 2.75) is 25.2 Å². The van der Waals surface area contributed by atoms with Gasteiger partial charge in [0.1, 0.15) is 16.5 Å². The Morgan fingerprint density at radius 2 is 2.18 bits per heavy atom. The molecule has 1 saturated heterocycles. The summed E-state index contributed by atoms with van der Waals surface area (Å²) in [5.41, 5.74) is 0.971. The van der Waals surface area contributed by atoms with Crippen LogP contribution in [0.25, 0.3) is 0 Å². The zero-order chi connectivity index (χ0) is 19.7. The summed E-state index contributed by atoms with van der Waals surface area (Å²) >= 11 is 6.60. The van der Waals surface area contributed by atoms with Crippen molar-refractivity contribution in [2.75, 3.05) is 13.1 Å². The number of rotatable bonds is 4. The monoisotopic (exact) mass is 417 g/mol. The molecule has 2 aromatic heterocycles. The highest BCUT2D eigenvalue weighted by Gasteiger charge is 2.29. The minimum atomic E-state index is -0.258. The first-order valence-corrected chi connectivity index (χ1v) is 10.3. The van der Waals surface area contributed by atoms with Crippen LogP contribution in [-0.4, -0.2) is 43.6 Å². The van der Waals surface area contributed by atoms with Crippen molar-refractivity contribution in [3.8, 4) is 0 Å². The third kappa shape index (κ3) is 3.90. The highest BCUT2D eigenvalue weighted by molar-refractivity contribution is 7.71. The normalized spacial score (nSPS) is 17.1. The Labute approximate surface area is 171 Å². The van der Waals surface area contributed by atoms with Gasteiger partial charge >= 0.3 is 0 Å². The molecule has 1 unspecified atom stereocenters. The number of hydrogen-bond donors (Lipinski definition) is 1. The lowest BCUT2D eigenvalue weighted by Gasteiger charge is -2.31. The lowest BCUT2D eigenvalue weighted by atomic mass is 9.97. The maximum Gasteiger partial charge on any atom is 0.265 e. The van der Waals surface area contributed by atoms with Crippen LogP contribution in [0.2, 0.25) is 0 Å². The van der Waals surface area contributed by atoms with Crippen molar-refractivity contribution in [3.63, 3.8) is 0 Å². The van der Waals surface area contributed by atoms with Gasteiger partial charge in [-0.3, -0.25) is 9.89 Å². The maximum atomic E-state index is 13.0. The molecule has 1 fully saturated rings. The molecule has 0 aliphatic carbocycles. The van der Waals surface area contributed by atoms with Crippen LogP contribution in [-0.2, 0) is 13.5 Å². The summed E-state index contributed by atoms with van der Waals surface area (Å²) in [6, 6.07) is 6.36. The third-order valence-electron chi connectivity index (χ3n) is 5.02. The van der Waals surface area contributed by atoms with Crippen LogP contribution in [0, 0.1) is 10.6 Å². The molecule has 1 aromatic carbocycles. The first-order chi connectivity index (χ1) is 13.5. The number of piperidine rings is 1. The standard InChI is InChI=1S/C19H20FN5OS2/c1-24-17(22-23-19(24)27)13-3-2-8-25(11-13)18(26)15-10-21-16(28-15)9-12-4-6-14(20)7-5-12/h4-7,10,13H,2-3,8-9,11H2,1H3,(H,23,27). The molecule has 6 nitrogen and oxygen atoms in total. The van der Waals surface area contributed by atoms with Crippen LogP contribution < -0.4 is 0 Å². The Kier molecular flexibility index (Phi) is 5.36. The summed E-state index contributed by atoms with van der Waals surface area (Å²) in [4.78, 5) is 19.9. The Bertz CT molecular complexity index is 1040. The molecule has 3 aromatic rings. The highest BCUT2D eigenvalue weighted by atomic mass is 32.1. The Balaban J connectivity index is 1.45. The molecule has 0 spiro atoms. The Morgan fingerprint density at radius 1 is 1.39 bits per heavy atom. The van der Waals surface area contributed by atoms with E-state index in [0.717, 1.165) is 35.8 Å². The molecule has 3 heterocycles. The molecule has 1 atom stereocenters. The number of carbonyl (C=O) groups is 1. The van der Waals surface area contributed by atoms with Gasteiger partial charge in [0.05, 0.1) is 11.2 Å². The largest absolute Gasteiger partial charge is 0.337 e. The lowest BCUT2D eigenvalue weighted by molar-refractivity contribution is 0.0708. The summed E-state index contributed by atoms with van der Waals surface area (Å²) in [5.74, 6) is 0.808. The van der Waals surface area contributed by atoms with Crippen molar-refractivity contribution in [3.05, 3.63) is 62.3 Å². The highest BCUT2D eigenvalue weighted by Crippen LogP contribution is 2.27. The van der Waals surface area contributed by atoms with E-state index in [-0.39, 0.29) is 17.6 Å². The van der Waals surface area contributed by atoms with Crippen LogP contribution >= 0.6 is 23.6 Å². The molecule has 0 radical (unpaired) electrons. The molecule has 0 bridgehead atoms. The van der Waals surface area contributed by atoms with Crippen LogP contribution in [0.5, 0.6) is 0 Å². The number of aromatic nitrogens is 4. The summed E-state index contributed by atoms with van der Waals surface area (Å²) in [7, 11) is 1.90. The van der Waals surface area contributed by atoms with Gasteiger partial charge in [-0.25, -0.2) is 9.37 Å². The van der Waals surface area contributed by atoms with E-state index in [2.05, 4.69) is 15.2 Å². The first kappa shape index (κ1) is 18.9. The molecule has 9 heteroatoms. The Hall–Kier alpha value is -2.39. The average molecular weight is 418 g/mol. The first-order valence-electron chi connectivity index (χ1n) is 9.11. The van der Waals surface area contributed by atoms with Gasteiger partial charge in [-0.05, 0) is 42.8 Å². The van der Waals surface area contributed by atoms with E-state index >= 15 is 0 Å². The summed E-state index contributed by atoms with van der Waals surface area (Å²) in [5, 5.41) is 8.00. The lowest BCUT2D eigenvalue weighted by Crippen LogP contribution is -2.39. The number of thiazole rings is 1. The summed E-state index contributed by atoms with van der Waals surface area (Å²) in [6.07, 6.45) is 4.14. The van der Waals surface area contributed by atoms with Gasteiger partial charge in [0.15, 0.2) is 4.77 Å². The van der Waals surface area contributed by atoms with E-state index in [1.165, 1.54) is 23.5 Å². The van der Waals surface area contributed by atoms with E-state index in [0.29, 0.717) is 22.6 Å². The predicted molar refractivity (Wildman–Crippen MR) is 108 cm³/mol. The number of nitrogens with zero attached hydrogens (tertiary/aromatic N) is 4. The van der Waals surface area contributed by atoms with Crippen molar-refractivity contribution in [1.82, 2.24) is 24.6 Å². The molecule has 1 N–H and O–H groups in total. The number of nitrogens with one attached hydrogen (secondary N) is 1. The summed E-state index contributed by atoms with van der Waals surface area (Å²) < 4.78 is 15.5. The molecule has 146 valence electrons. The smallest absolute Gasteiger partial charge is 0.265 e. The van der Waals surface area contributed by atoms with E-state index in [1.807, 2.05) is 16.5 Å². The Morgan fingerprint density at radius 3 is 2.89 bits per heavy atom. The van der Waals surface area contributed by atoms with Crippen molar-refractivity contribution in [1.29, 1.82) is 0 Å². The predicted octanol–water partition coefficient (Wildman–Crippen LogP) is 3.68. The van der Waals surface area contributed by atoms with Crippen molar-refractivity contribution in [2.24, 2.45) is 7.05 Å².